The first-order chi connectivity index (χ1) is 8.90. The van der Waals surface area contributed by atoms with Crippen molar-refractivity contribution in [3.05, 3.63) is 0 Å². The maximum Gasteiger partial charge on any atom is 0.0991 e. The summed E-state index contributed by atoms with van der Waals surface area (Å²) in [5.41, 5.74) is 0. The summed E-state index contributed by atoms with van der Waals surface area (Å²) in [5.74, 6) is 1.87. The van der Waals surface area contributed by atoms with Gasteiger partial charge >= 0.3 is 0 Å². The number of hydrogen-bond donors (Lipinski definition) is 0. The highest BCUT2D eigenvalue weighted by Gasteiger charge is 2.44. The second kappa shape index (κ2) is 4.77. The molecule has 3 aliphatic carbocycles. The van der Waals surface area contributed by atoms with E-state index in [1.54, 1.807) is 0 Å². The van der Waals surface area contributed by atoms with E-state index in [-0.39, 0.29) is 0 Å². The maximum absolute atomic E-state index is 6.11. The van der Waals surface area contributed by atoms with Gasteiger partial charge in [-0.2, -0.15) is 0 Å². The molecule has 0 amide bonds. The highest BCUT2D eigenvalue weighted by molar-refractivity contribution is 4.97. The molecule has 1 aliphatic heterocycles. The molecule has 0 aromatic rings. The highest BCUT2D eigenvalue weighted by atomic mass is 16.5. The van der Waals surface area contributed by atoms with Crippen molar-refractivity contribution in [3.63, 3.8) is 0 Å². The summed E-state index contributed by atoms with van der Waals surface area (Å²) in [6.07, 6.45) is 8.93. The van der Waals surface area contributed by atoms with Gasteiger partial charge in [0.25, 0.3) is 0 Å². The van der Waals surface area contributed by atoms with Crippen molar-refractivity contribution in [2.45, 2.75) is 56.8 Å². The van der Waals surface area contributed by atoms with Crippen molar-refractivity contribution in [2.24, 2.45) is 11.8 Å². The monoisotopic (exact) mass is 251 g/mol. The number of nitrogens with zero attached hydrogens (tertiary/aromatic N) is 1. The fourth-order valence-corrected chi connectivity index (χ4v) is 3.57. The van der Waals surface area contributed by atoms with Gasteiger partial charge in [0.1, 0.15) is 0 Å². The van der Waals surface area contributed by atoms with Gasteiger partial charge in [-0.15, -0.1) is 0 Å². The highest BCUT2D eigenvalue weighted by Crippen LogP contribution is 2.37. The standard InChI is InChI=1S/C15H25NO2/c1-2-11(1)9-16-7-8-17-15-13(16)5-6-14(15)18-10-12-3-4-12/h11-15H,1-10H2/t13-,14+,15+/m0/s1. The average Bonchev–Trinajstić information content (AvgIpc) is 3.29. The summed E-state index contributed by atoms with van der Waals surface area (Å²) in [7, 11) is 0. The zero-order valence-electron chi connectivity index (χ0n) is 11.2. The van der Waals surface area contributed by atoms with Gasteiger partial charge in [0.15, 0.2) is 0 Å². The van der Waals surface area contributed by atoms with Crippen LogP contribution in [0.15, 0.2) is 0 Å². The van der Waals surface area contributed by atoms with Crippen LogP contribution < -0.4 is 0 Å². The van der Waals surface area contributed by atoms with E-state index < -0.39 is 0 Å². The molecule has 0 spiro atoms. The van der Waals surface area contributed by atoms with Gasteiger partial charge in [-0.05, 0) is 50.4 Å². The van der Waals surface area contributed by atoms with Crippen LogP contribution in [0.4, 0.5) is 0 Å². The molecule has 0 aromatic carbocycles. The van der Waals surface area contributed by atoms with Crippen molar-refractivity contribution < 1.29 is 9.47 Å². The Bertz CT molecular complexity index is 301. The van der Waals surface area contributed by atoms with E-state index in [9.17, 15) is 0 Å². The zero-order valence-corrected chi connectivity index (χ0v) is 11.2. The summed E-state index contributed by atoms with van der Waals surface area (Å²) in [6.45, 7) is 4.37. The van der Waals surface area contributed by atoms with E-state index in [1.807, 2.05) is 0 Å². The molecule has 4 rings (SSSR count). The van der Waals surface area contributed by atoms with Gasteiger partial charge in [0.05, 0.1) is 18.8 Å². The Morgan fingerprint density at radius 2 is 1.83 bits per heavy atom. The predicted octanol–water partition coefficient (Wildman–Crippen LogP) is 2.05. The molecule has 0 unspecified atom stereocenters. The molecule has 4 aliphatic rings. The van der Waals surface area contributed by atoms with Gasteiger partial charge in [0.2, 0.25) is 0 Å². The molecule has 0 radical (unpaired) electrons. The summed E-state index contributed by atoms with van der Waals surface area (Å²) in [6, 6.07) is 0.656. The Hall–Kier alpha value is -0.120. The van der Waals surface area contributed by atoms with E-state index in [1.165, 1.54) is 45.1 Å². The summed E-state index contributed by atoms with van der Waals surface area (Å²) in [4.78, 5) is 2.70. The molecule has 3 nitrogen and oxygen atoms in total. The molecule has 4 fully saturated rings. The van der Waals surface area contributed by atoms with Crippen molar-refractivity contribution in [1.29, 1.82) is 0 Å². The second-order valence-electron chi connectivity index (χ2n) is 6.73. The smallest absolute Gasteiger partial charge is 0.0991 e. The molecule has 3 heteroatoms. The molecule has 102 valence electrons. The first-order valence-electron chi connectivity index (χ1n) is 7.87. The number of fused-ring (bicyclic) bond motifs is 1. The lowest BCUT2D eigenvalue weighted by atomic mass is 10.1. The third-order valence-corrected chi connectivity index (χ3v) is 5.08. The Morgan fingerprint density at radius 3 is 2.61 bits per heavy atom. The van der Waals surface area contributed by atoms with Gasteiger partial charge < -0.3 is 9.47 Å². The fourth-order valence-electron chi connectivity index (χ4n) is 3.57. The minimum atomic E-state index is 0.372. The summed E-state index contributed by atoms with van der Waals surface area (Å²) in [5, 5.41) is 0. The Labute approximate surface area is 110 Å². The van der Waals surface area contributed by atoms with E-state index in [0.717, 1.165) is 31.6 Å². The molecule has 3 atom stereocenters. The average molecular weight is 251 g/mol. The lowest BCUT2D eigenvalue weighted by molar-refractivity contribution is -0.115. The van der Waals surface area contributed by atoms with Crippen LogP contribution >= 0.6 is 0 Å². The van der Waals surface area contributed by atoms with Crippen LogP contribution in [0.3, 0.4) is 0 Å². The molecule has 1 saturated heterocycles. The number of hydrogen-bond acceptors (Lipinski definition) is 3. The van der Waals surface area contributed by atoms with Crippen LogP contribution in [0, 0.1) is 11.8 Å². The Morgan fingerprint density at radius 1 is 1.00 bits per heavy atom. The predicted molar refractivity (Wildman–Crippen MR) is 69.5 cm³/mol. The zero-order chi connectivity index (χ0) is 11.9. The van der Waals surface area contributed by atoms with E-state index in [4.69, 9.17) is 9.47 Å². The minimum Gasteiger partial charge on any atom is -0.375 e. The SMILES string of the molecule is C1CN(CC2CC2)[C@H]2CC[C@@H](OCC3CC3)[C@@H]2O1. The van der Waals surface area contributed by atoms with Crippen molar-refractivity contribution in [1.82, 2.24) is 4.90 Å². The number of ether oxygens (including phenoxy) is 2. The second-order valence-corrected chi connectivity index (χ2v) is 6.73. The molecule has 0 aromatic heterocycles. The molecule has 1 heterocycles. The lowest BCUT2D eigenvalue weighted by Gasteiger charge is -2.39. The van der Waals surface area contributed by atoms with E-state index in [2.05, 4.69) is 4.90 Å². The van der Waals surface area contributed by atoms with Crippen molar-refractivity contribution in [3.8, 4) is 0 Å². The molecule has 18 heavy (non-hydrogen) atoms. The first-order valence-corrected chi connectivity index (χ1v) is 7.87. The summed E-state index contributed by atoms with van der Waals surface area (Å²) >= 11 is 0. The van der Waals surface area contributed by atoms with Crippen LogP contribution in [0.25, 0.3) is 0 Å². The van der Waals surface area contributed by atoms with Gasteiger partial charge in [-0.25, -0.2) is 0 Å². The first kappa shape index (κ1) is 11.7. The van der Waals surface area contributed by atoms with Crippen LogP contribution in [0.1, 0.15) is 38.5 Å². The van der Waals surface area contributed by atoms with Crippen molar-refractivity contribution in [2.75, 3.05) is 26.3 Å². The molecular formula is C15H25NO2. The third kappa shape index (κ3) is 2.45. The number of rotatable bonds is 5. The van der Waals surface area contributed by atoms with Crippen LogP contribution in [-0.2, 0) is 9.47 Å². The van der Waals surface area contributed by atoms with E-state index >= 15 is 0 Å². The lowest BCUT2D eigenvalue weighted by Crippen LogP contribution is -2.52. The maximum atomic E-state index is 6.11. The largest absolute Gasteiger partial charge is 0.375 e. The van der Waals surface area contributed by atoms with E-state index in [0.29, 0.717) is 18.2 Å². The van der Waals surface area contributed by atoms with Gasteiger partial charge in [-0.3, -0.25) is 4.90 Å². The van der Waals surface area contributed by atoms with Gasteiger partial charge in [-0.1, -0.05) is 0 Å². The van der Waals surface area contributed by atoms with Crippen LogP contribution in [0.2, 0.25) is 0 Å². The van der Waals surface area contributed by atoms with Gasteiger partial charge in [0, 0.05) is 25.7 Å². The normalized spacial score (nSPS) is 41.0. The quantitative estimate of drug-likeness (QED) is 0.746. The van der Waals surface area contributed by atoms with Crippen LogP contribution in [0.5, 0.6) is 0 Å². The van der Waals surface area contributed by atoms with Crippen LogP contribution in [-0.4, -0.2) is 49.5 Å². The number of morpholine rings is 1. The molecular weight excluding hydrogens is 226 g/mol. The third-order valence-electron chi connectivity index (χ3n) is 5.08. The minimum absolute atomic E-state index is 0.372. The fraction of sp³-hybridized carbons (Fsp3) is 1.00. The van der Waals surface area contributed by atoms with Crippen molar-refractivity contribution >= 4 is 0 Å². The topological polar surface area (TPSA) is 21.7 Å². The Balaban J connectivity index is 1.34. The molecule has 0 N–H and O–H groups in total. The summed E-state index contributed by atoms with van der Waals surface area (Å²) < 4.78 is 12.1. The molecule has 3 saturated carbocycles. The Kier molecular flexibility index (Phi) is 3.10. The molecule has 0 bridgehead atoms.